The molecule has 0 unspecified atom stereocenters. The lowest BCUT2D eigenvalue weighted by molar-refractivity contribution is 0.0955. The summed E-state index contributed by atoms with van der Waals surface area (Å²) < 4.78 is 15.8. The molecule has 24 heavy (non-hydrogen) atoms. The third-order valence-corrected chi connectivity index (χ3v) is 3.88. The number of aromatic nitrogens is 1. The molecule has 6 heteroatoms. The molecule has 0 aliphatic rings. The number of carbonyl (C=O) groups excluding carboxylic acids is 1. The number of nitrogens with one attached hydrogen (secondary N) is 1. The Balaban J connectivity index is 1.71. The van der Waals surface area contributed by atoms with Crippen molar-refractivity contribution in [1.82, 2.24) is 9.99 Å². The van der Waals surface area contributed by atoms with Crippen LogP contribution in [0.15, 0.2) is 76.4 Å². The van der Waals surface area contributed by atoms with Gasteiger partial charge in [-0.25, -0.2) is 9.82 Å². The van der Waals surface area contributed by atoms with Crippen molar-refractivity contribution in [3.05, 3.63) is 88.4 Å². The van der Waals surface area contributed by atoms with E-state index >= 15 is 0 Å². The summed E-state index contributed by atoms with van der Waals surface area (Å²) in [6.07, 6.45) is 3.47. The van der Waals surface area contributed by atoms with Gasteiger partial charge in [0.15, 0.2) is 0 Å². The highest BCUT2D eigenvalue weighted by atomic mass is 79.9. The van der Waals surface area contributed by atoms with Gasteiger partial charge in [0.2, 0.25) is 0 Å². The van der Waals surface area contributed by atoms with Gasteiger partial charge < -0.3 is 4.57 Å². The molecule has 3 aromatic rings. The van der Waals surface area contributed by atoms with Gasteiger partial charge in [-0.3, -0.25) is 4.79 Å². The van der Waals surface area contributed by atoms with Crippen LogP contribution in [0.4, 0.5) is 4.39 Å². The maximum absolute atomic E-state index is 12.9. The van der Waals surface area contributed by atoms with Crippen molar-refractivity contribution in [2.45, 2.75) is 0 Å². The number of carbonyl (C=O) groups is 1. The summed E-state index contributed by atoms with van der Waals surface area (Å²) in [6, 6.07) is 16.9. The van der Waals surface area contributed by atoms with Crippen molar-refractivity contribution in [3.8, 4) is 5.69 Å². The highest BCUT2D eigenvalue weighted by molar-refractivity contribution is 9.10. The standard InChI is InChI=1S/C18H13BrFN3O/c19-14-5-9-16(10-6-14)23-11-1-2-17(23)12-21-22-18(24)13-3-7-15(20)8-4-13/h1-12H,(H,22,24)/b21-12-. The zero-order chi connectivity index (χ0) is 16.9. The van der Waals surface area contributed by atoms with Crippen LogP contribution in [0.25, 0.3) is 5.69 Å². The number of benzene rings is 2. The first-order valence-corrected chi connectivity index (χ1v) is 7.95. The largest absolute Gasteiger partial charge is 0.316 e. The first kappa shape index (κ1) is 16.1. The van der Waals surface area contributed by atoms with E-state index in [2.05, 4.69) is 26.5 Å². The molecule has 0 radical (unpaired) electrons. The molecule has 4 nitrogen and oxygen atoms in total. The summed E-state index contributed by atoms with van der Waals surface area (Å²) in [7, 11) is 0. The van der Waals surface area contributed by atoms with Crippen LogP contribution < -0.4 is 5.43 Å². The van der Waals surface area contributed by atoms with Gasteiger partial charge in [-0.05, 0) is 60.7 Å². The van der Waals surface area contributed by atoms with E-state index in [9.17, 15) is 9.18 Å². The molecule has 1 amide bonds. The highest BCUT2D eigenvalue weighted by Crippen LogP contribution is 2.15. The molecule has 1 N–H and O–H groups in total. The van der Waals surface area contributed by atoms with Crippen LogP contribution in [0.1, 0.15) is 16.1 Å². The number of rotatable bonds is 4. The number of hydrazone groups is 1. The molecule has 0 saturated carbocycles. The molecule has 1 aromatic heterocycles. The number of hydrogen-bond donors (Lipinski definition) is 1. The Hall–Kier alpha value is -2.73. The molecule has 0 saturated heterocycles. The van der Waals surface area contributed by atoms with Crippen molar-refractivity contribution in [2.75, 3.05) is 0 Å². The van der Waals surface area contributed by atoms with Crippen molar-refractivity contribution in [2.24, 2.45) is 5.10 Å². The van der Waals surface area contributed by atoms with Gasteiger partial charge in [-0.15, -0.1) is 0 Å². The third-order valence-electron chi connectivity index (χ3n) is 3.35. The van der Waals surface area contributed by atoms with Gasteiger partial charge in [0.05, 0.1) is 11.9 Å². The van der Waals surface area contributed by atoms with E-state index in [0.29, 0.717) is 5.56 Å². The second kappa shape index (κ2) is 7.23. The van der Waals surface area contributed by atoms with Gasteiger partial charge in [-0.1, -0.05) is 15.9 Å². The maximum Gasteiger partial charge on any atom is 0.271 e. The molecule has 0 spiro atoms. The average Bonchev–Trinajstić information content (AvgIpc) is 3.04. The van der Waals surface area contributed by atoms with E-state index in [1.54, 1.807) is 6.21 Å². The Labute approximate surface area is 146 Å². The molecule has 120 valence electrons. The fourth-order valence-corrected chi connectivity index (χ4v) is 2.42. The summed E-state index contributed by atoms with van der Waals surface area (Å²) in [4.78, 5) is 11.9. The third kappa shape index (κ3) is 3.78. The van der Waals surface area contributed by atoms with Gasteiger partial charge in [0.1, 0.15) is 5.82 Å². The second-order valence-electron chi connectivity index (χ2n) is 4.99. The minimum Gasteiger partial charge on any atom is -0.316 e. The molecular formula is C18H13BrFN3O. The molecule has 2 aromatic carbocycles. The number of amides is 1. The fourth-order valence-electron chi connectivity index (χ4n) is 2.16. The Morgan fingerprint density at radius 1 is 1.08 bits per heavy atom. The molecule has 0 aliphatic heterocycles. The summed E-state index contributed by atoms with van der Waals surface area (Å²) in [5.41, 5.74) is 4.57. The van der Waals surface area contributed by atoms with Crippen LogP contribution in [-0.4, -0.2) is 16.7 Å². The molecule has 0 bridgehead atoms. The van der Waals surface area contributed by atoms with Gasteiger partial charge >= 0.3 is 0 Å². The Morgan fingerprint density at radius 2 is 1.79 bits per heavy atom. The van der Waals surface area contributed by atoms with Gasteiger partial charge in [0, 0.05) is 21.9 Å². The topological polar surface area (TPSA) is 46.4 Å². The molecule has 0 atom stereocenters. The summed E-state index contributed by atoms with van der Waals surface area (Å²) in [6.45, 7) is 0. The number of nitrogens with zero attached hydrogens (tertiary/aromatic N) is 2. The van der Waals surface area contributed by atoms with Crippen LogP contribution in [-0.2, 0) is 0 Å². The van der Waals surface area contributed by atoms with E-state index < -0.39 is 5.91 Å². The molecule has 3 rings (SSSR count). The van der Waals surface area contributed by atoms with E-state index in [1.165, 1.54) is 24.3 Å². The zero-order valence-electron chi connectivity index (χ0n) is 12.5. The predicted molar refractivity (Wildman–Crippen MR) is 94.9 cm³/mol. The summed E-state index contributed by atoms with van der Waals surface area (Å²) in [5.74, 6) is -0.782. The fraction of sp³-hybridized carbons (Fsp3) is 0. The van der Waals surface area contributed by atoms with E-state index in [1.807, 2.05) is 47.2 Å². The van der Waals surface area contributed by atoms with Gasteiger partial charge in [-0.2, -0.15) is 5.10 Å². The molecule has 1 heterocycles. The van der Waals surface area contributed by atoms with Crippen LogP contribution in [0.5, 0.6) is 0 Å². The lowest BCUT2D eigenvalue weighted by Crippen LogP contribution is -2.17. The lowest BCUT2D eigenvalue weighted by atomic mass is 10.2. The summed E-state index contributed by atoms with van der Waals surface area (Å²) in [5, 5.41) is 3.97. The maximum atomic E-state index is 12.9. The SMILES string of the molecule is O=C(N/N=C\c1cccn1-c1ccc(Br)cc1)c1ccc(F)cc1. The Kier molecular flexibility index (Phi) is 4.86. The smallest absolute Gasteiger partial charge is 0.271 e. The van der Waals surface area contributed by atoms with Crippen molar-refractivity contribution >= 4 is 28.1 Å². The normalized spacial score (nSPS) is 10.9. The van der Waals surface area contributed by atoms with E-state index in [0.717, 1.165) is 15.9 Å². The van der Waals surface area contributed by atoms with Crippen LogP contribution in [0, 0.1) is 5.82 Å². The van der Waals surface area contributed by atoms with Crippen LogP contribution in [0.2, 0.25) is 0 Å². The molecule has 0 fully saturated rings. The predicted octanol–water partition coefficient (Wildman–Crippen LogP) is 4.14. The van der Waals surface area contributed by atoms with E-state index in [4.69, 9.17) is 0 Å². The van der Waals surface area contributed by atoms with Crippen LogP contribution in [0.3, 0.4) is 0 Å². The quantitative estimate of drug-likeness (QED) is 0.532. The Bertz CT molecular complexity index is 870. The average molecular weight is 386 g/mol. The van der Waals surface area contributed by atoms with Crippen molar-refractivity contribution in [3.63, 3.8) is 0 Å². The number of halogens is 2. The van der Waals surface area contributed by atoms with Crippen molar-refractivity contribution < 1.29 is 9.18 Å². The minimum absolute atomic E-state index is 0.344. The summed E-state index contributed by atoms with van der Waals surface area (Å²) >= 11 is 3.41. The first-order valence-electron chi connectivity index (χ1n) is 7.16. The van der Waals surface area contributed by atoms with Crippen LogP contribution >= 0.6 is 15.9 Å². The molecular weight excluding hydrogens is 373 g/mol. The zero-order valence-corrected chi connectivity index (χ0v) is 14.1. The highest BCUT2D eigenvalue weighted by Gasteiger charge is 2.04. The minimum atomic E-state index is -0.395. The first-order chi connectivity index (χ1) is 11.6. The monoisotopic (exact) mass is 385 g/mol. The van der Waals surface area contributed by atoms with E-state index in [-0.39, 0.29) is 5.82 Å². The second-order valence-corrected chi connectivity index (χ2v) is 5.90. The van der Waals surface area contributed by atoms with Gasteiger partial charge in [0.25, 0.3) is 5.91 Å². The number of hydrogen-bond acceptors (Lipinski definition) is 2. The molecule has 0 aliphatic carbocycles. The Morgan fingerprint density at radius 3 is 2.50 bits per heavy atom. The lowest BCUT2D eigenvalue weighted by Gasteiger charge is -2.06. The van der Waals surface area contributed by atoms with Crippen molar-refractivity contribution in [1.29, 1.82) is 0 Å².